The van der Waals surface area contributed by atoms with Crippen LogP contribution >= 0.6 is 0 Å². The predicted molar refractivity (Wildman–Crippen MR) is 98.3 cm³/mol. The van der Waals surface area contributed by atoms with Gasteiger partial charge in [-0.3, -0.25) is 4.68 Å². The minimum atomic E-state index is -0.951. The topological polar surface area (TPSA) is 67.6 Å². The Labute approximate surface area is 152 Å². The maximum absolute atomic E-state index is 11.8. The lowest BCUT2D eigenvalue weighted by Crippen LogP contribution is -2.48. The minimum Gasteiger partial charge on any atom is -0.476 e. The zero-order valence-electron chi connectivity index (χ0n) is 14.7. The third-order valence-electron chi connectivity index (χ3n) is 6.18. The van der Waals surface area contributed by atoms with Crippen molar-refractivity contribution in [2.45, 2.75) is 25.3 Å². The van der Waals surface area contributed by atoms with Gasteiger partial charge in [0, 0.05) is 11.9 Å². The van der Waals surface area contributed by atoms with E-state index >= 15 is 0 Å². The van der Waals surface area contributed by atoms with Crippen LogP contribution in [0.1, 0.15) is 41.4 Å². The molecule has 6 heteroatoms. The van der Waals surface area contributed by atoms with Crippen LogP contribution in [0.4, 0.5) is 0 Å². The predicted octanol–water partition coefficient (Wildman–Crippen LogP) is 2.80. The molecule has 1 aromatic heterocycles. The van der Waals surface area contributed by atoms with Crippen LogP contribution in [0.2, 0.25) is 0 Å². The highest BCUT2D eigenvalue weighted by Crippen LogP contribution is 2.38. The van der Waals surface area contributed by atoms with Gasteiger partial charge in [0.15, 0.2) is 5.69 Å². The van der Waals surface area contributed by atoms with Crippen molar-refractivity contribution in [2.24, 2.45) is 5.92 Å². The van der Waals surface area contributed by atoms with Crippen LogP contribution in [0.5, 0.6) is 0 Å². The first-order valence-corrected chi connectivity index (χ1v) is 9.46. The van der Waals surface area contributed by atoms with E-state index in [1.54, 1.807) is 0 Å². The molecule has 0 spiro atoms. The van der Waals surface area contributed by atoms with Crippen molar-refractivity contribution < 1.29 is 14.6 Å². The Morgan fingerprint density at radius 3 is 2.77 bits per heavy atom. The maximum atomic E-state index is 11.8. The SMILES string of the molecule is O=C(O)c1nn([C@H]2CN3CCC2CC3)c2ccc(C3=CCOCC3)cc12. The number of nitrogens with zero attached hydrogens (tertiary/aromatic N) is 3. The second kappa shape index (κ2) is 6.21. The van der Waals surface area contributed by atoms with Crippen LogP contribution < -0.4 is 0 Å². The molecule has 4 aliphatic heterocycles. The molecule has 26 heavy (non-hydrogen) atoms. The van der Waals surface area contributed by atoms with Gasteiger partial charge in [0.2, 0.25) is 0 Å². The quantitative estimate of drug-likeness (QED) is 0.919. The van der Waals surface area contributed by atoms with Crippen LogP contribution in [0.25, 0.3) is 16.5 Å². The van der Waals surface area contributed by atoms with E-state index < -0.39 is 5.97 Å². The molecule has 0 aliphatic carbocycles. The second-order valence-corrected chi connectivity index (χ2v) is 7.59. The first kappa shape index (κ1) is 16.0. The lowest BCUT2D eigenvalue weighted by molar-refractivity contribution is 0.0523. The Bertz CT molecular complexity index is 893. The lowest BCUT2D eigenvalue weighted by atomic mass is 9.84. The highest BCUT2D eigenvalue weighted by molar-refractivity contribution is 6.02. The maximum Gasteiger partial charge on any atom is 0.357 e. The van der Waals surface area contributed by atoms with Gasteiger partial charge in [0.05, 0.1) is 24.8 Å². The van der Waals surface area contributed by atoms with Crippen molar-refractivity contribution in [1.82, 2.24) is 14.7 Å². The number of carboxylic acid groups (broad SMARTS) is 1. The molecule has 6 rings (SSSR count). The molecule has 3 saturated heterocycles. The Morgan fingerprint density at radius 1 is 1.27 bits per heavy atom. The van der Waals surface area contributed by atoms with Gasteiger partial charge in [-0.2, -0.15) is 5.10 Å². The molecular formula is C20H23N3O3. The highest BCUT2D eigenvalue weighted by Gasteiger charge is 2.37. The molecule has 6 nitrogen and oxygen atoms in total. The number of aromatic nitrogens is 2. The molecule has 136 valence electrons. The molecule has 4 aliphatic rings. The largest absolute Gasteiger partial charge is 0.476 e. The zero-order valence-corrected chi connectivity index (χ0v) is 14.7. The van der Waals surface area contributed by atoms with Gasteiger partial charge in [-0.05, 0) is 61.5 Å². The number of rotatable bonds is 3. The van der Waals surface area contributed by atoms with E-state index in [4.69, 9.17) is 4.74 Å². The zero-order chi connectivity index (χ0) is 17.7. The molecule has 0 saturated carbocycles. The molecule has 5 heterocycles. The summed E-state index contributed by atoms with van der Waals surface area (Å²) in [7, 11) is 0. The molecular weight excluding hydrogens is 330 g/mol. The fraction of sp³-hybridized carbons (Fsp3) is 0.500. The van der Waals surface area contributed by atoms with Crippen LogP contribution in [0, 0.1) is 5.92 Å². The number of hydrogen-bond donors (Lipinski definition) is 1. The molecule has 1 N–H and O–H groups in total. The van der Waals surface area contributed by atoms with E-state index in [1.165, 1.54) is 18.4 Å². The summed E-state index contributed by atoms with van der Waals surface area (Å²) < 4.78 is 7.39. The van der Waals surface area contributed by atoms with Gasteiger partial charge in [0.1, 0.15) is 0 Å². The number of piperidine rings is 3. The molecule has 1 atom stereocenters. The number of hydrogen-bond acceptors (Lipinski definition) is 4. The van der Waals surface area contributed by atoms with Crippen LogP contribution in [-0.4, -0.2) is 58.6 Å². The highest BCUT2D eigenvalue weighted by atomic mass is 16.5. The van der Waals surface area contributed by atoms with Gasteiger partial charge in [-0.25, -0.2) is 4.79 Å². The van der Waals surface area contributed by atoms with Crippen molar-refractivity contribution >= 4 is 22.4 Å². The van der Waals surface area contributed by atoms with E-state index in [-0.39, 0.29) is 11.7 Å². The van der Waals surface area contributed by atoms with E-state index in [0.29, 0.717) is 19.1 Å². The van der Waals surface area contributed by atoms with Crippen molar-refractivity contribution in [2.75, 3.05) is 32.8 Å². The summed E-state index contributed by atoms with van der Waals surface area (Å²) in [5.41, 5.74) is 3.42. The van der Waals surface area contributed by atoms with Gasteiger partial charge in [-0.15, -0.1) is 0 Å². The van der Waals surface area contributed by atoms with Gasteiger partial charge in [-0.1, -0.05) is 12.1 Å². The van der Waals surface area contributed by atoms with Crippen molar-refractivity contribution in [3.63, 3.8) is 0 Å². The number of fused-ring (bicyclic) bond motifs is 4. The molecule has 0 unspecified atom stereocenters. The van der Waals surface area contributed by atoms with Crippen molar-refractivity contribution in [3.8, 4) is 0 Å². The number of benzene rings is 1. The number of carbonyl (C=O) groups is 1. The monoisotopic (exact) mass is 353 g/mol. The van der Waals surface area contributed by atoms with Gasteiger partial charge in [0.25, 0.3) is 0 Å². The lowest BCUT2D eigenvalue weighted by Gasteiger charge is -2.44. The Morgan fingerprint density at radius 2 is 2.12 bits per heavy atom. The average molecular weight is 353 g/mol. The van der Waals surface area contributed by atoms with E-state index in [2.05, 4.69) is 28.2 Å². The molecule has 0 radical (unpaired) electrons. The number of ether oxygens (including phenoxy) is 1. The molecule has 3 fully saturated rings. The van der Waals surface area contributed by atoms with E-state index in [0.717, 1.165) is 42.5 Å². The summed E-state index contributed by atoms with van der Waals surface area (Å²) in [4.78, 5) is 14.3. The first-order chi connectivity index (χ1) is 12.7. The molecule has 0 amide bonds. The summed E-state index contributed by atoms with van der Waals surface area (Å²) in [5, 5.41) is 15.0. The Hall–Kier alpha value is -2.18. The van der Waals surface area contributed by atoms with E-state index in [1.807, 2.05) is 10.7 Å². The third-order valence-corrected chi connectivity index (χ3v) is 6.18. The number of aromatic carboxylic acids is 1. The normalized spacial score (nSPS) is 28.3. The molecule has 1 aromatic carbocycles. The van der Waals surface area contributed by atoms with Crippen LogP contribution in [0.3, 0.4) is 0 Å². The standard InChI is InChI=1S/C20H23N3O3/c24-20(25)19-16-11-15(13-5-9-26-10-6-13)1-2-17(16)23(21-19)18-12-22-7-3-14(18)4-8-22/h1-2,5,11,14,18H,3-4,6-10,12H2,(H,24,25)/t18-/m0/s1. The Balaban J connectivity index is 1.61. The summed E-state index contributed by atoms with van der Waals surface area (Å²) in [6, 6.07) is 6.44. The average Bonchev–Trinajstić information content (AvgIpc) is 3.08. The Kier molecular flexibility index (Phi) is 3.83. The summed E-state index contributed by atoms with van der Waals surface area (Å²) in [5.74, 6) is -0.351. The summed E-state index contributed by atoms with van der Waals surface area (Å²) in [6.07, 6.45) is 5.31. The summed E-state index contributed by atoms with van der Waals surface area (Å²) in [6.45, 7) is 4.64. The third kappa shape index (κ3) is 2.56. The van der Waals surface area contributed by atoms with Gasteiger partial charge >= 0.3 is 5.97 Å². The first-order valence-electron chi connectivity index (χ1n) is 9.46. The minimum absolute atomic E-state index is 0.172. The van der Waals surface area contributed by atoms with Crippen molar-refractivity contribution in [3.05, 3.63) is 35.5 Å². The fourth-order valence-corrected chi connectivity index (χ4v) is 4.75. The molecule has 2 bridgehead atoms. The summed E-state index contributed by atoms with van der Waals surface area (Å²) >= 11 is 0. The molecule has 2 aromatic rings. The van der Waals surface area contributed by atoms with Gasteiger partial charge < -0.3 is 14.7 Å². The fourth-order valence-electron chi connectivity index (χ4n) is 4.75. The number of carboxylic acids is 1. The van der Waals surface area contributed by atoms with E-state index in [9.17, 15) is 9.90 Å². The smallest absolute Gasteiger partial charge is 0.357 e. The van der Waals surface area contributed by atoms with Crippen LogP contribution in [-0.2, 0) is 4.74 Å². The second-order valence-electron chi connectivity index (χ2n) is 7.59. The van der Waals surface area contributed by atoms with Crippen LogP contribution in [0.15, 0.2) is 24.3 Å². The van der Waals surface area contributed by atoms with Crippen molar-refractivity contribution in [1.29, 1.82) is 0 Å².